The molecule has 8 heteroatoms. The summed E-state index contributed by atoms with van der Waals surface area (Å²) < 4.78 is 7.29. The molecule has 0 aliphatic heterocycles. The summed E-state index contributed by atoms with van der Waals surface area (Å²) in [6, 6.07) is 9.38. The summed E-state index contributed by atoms with van der Waals surface area (Å²) in [6.45, 7) is 3.92. The summed E-state index contributed by atoms with van der Waals surface area (Å²) in [6.07, 6.45) is 0. The van der Waals surface area contributed by atoms with E-state index in [1.807, 2.05) is 25.1 Å². The summed E-state index contributed by atoms with van der Waals surface area (Å²) in [7, 11) is 4.13. The molecular weight excluding hydrogens is 390 g/mol. The van der Waals surface area contributed by atoms with Gasteiger partial charge in [-0.05, 0) is 31.2 Å². The van der Waals surface area contributed by atoms with Crippen LogP contribution in [0.3, 0.4) is 0 Å². The van der Waals surface area contributed by atoms with E-state index in [1.54, 1.807) is 17.0 Å². The number of quaternary nitrogens is 1. The van der Waals surface area contributed by atoms with Crippen molar-refractivity contribution in [2.24, 2.45) is 0 Å². The van der Waals surface area contributed by atoms with Gasteiger partial charge in [0, 0.05) is 0 Å². The number of ether oxygens (including phenoxy) is 1. The van der Waals surface area contributed by atoms with E-state index in [0.717, 1.165) is 22.5 Å². The Kier molecular flexibility index (Phi) is 6.13. The molecule has 0 fully saturated rings. The predicted octanol–water partition coefficient (Wildman–Crippen LogP) is 3.20. The molecule has 0 atom stereocenters. The molecular formula is C18H21ClN3O2S2+. The molecule has 1 amide bonds. The van der Waals surface area contributed by atoms with Crippen molar-refractivity contribution >= 4 is 55.5 Å². The van der Waals surface area contributed by atoms with E-state index in [1.165, 1.54) is 27.6 Å². The van der Waals surface area contributed by atoms with E-state index in [9.17, 15) is 4.79 Å². The number of fused-ring (bicyclic) bond motifs is 1. The summed E-state index contributed by atoms with van der Waals surface area (Å²) >= 11 is 8.81. The van der Waals surface area contributed by atoms with Crippen molar-refractivity contribution in [2.75, 3.05) is 38.7 Å². The third-order valence-electron chi connectivity index (χ3n) is 3.77. The normalized spacial score (nSPS) is 11.3. The number of hydrogen-bond donors (Lipinski definition) is 1. The van der Waals surface area contributed by atoms with Gasteiger partial charge in [-0.25, -0.2) is 4.98 Å². The average molecular weight is 411 g/mol. The van der Waals surface area contributed by atoms with Crippen LogP contribution in [-0.2, 0) is 0 Å². The van der Waals surface area contributed by atoms with Crippen LogP contribution >= 0.6 is 34.3 Å². The van der Waals surface area contributed by atoms with Gasteiger partial charge in [0.05, 0.1) is 47.7 Å². The Morgan fingerprint density at radius 2 is 2.08 bits per heavy atom. The van der Waals surface area contributed by atoms with E-state index >= 15 is 0 Å². The van der Waals surface area contributed by atoms with Crippen molar-refractivity contribution in [3.63, 3.8) is 0 Å². The Bertz CT molecular complexity index is 907. The lowest BCUT2D eigenvalue weighted by Crippen LogP contribution is -3.06. The molecule has 26 heavy (non-hydrogen) atoms. The number of amides is 1. The van der Waals surface area contributed by atoms with Gasteiger partial charge in [-0.1, -0.05) is 29.0 Å². The zero-order valence-corrected chi connectivity index (χ0v) is 17.3. The molecule has 2 aromatic heterocycles. The maximum atomic E-state index is 13.1. The van der Waals surface area contributed by atoms with Gasteiger partial charge in [0.15, 0.2) is 5.13 Å². The van der Waals surface area contributed by atoms with Crippen LogP contribution in [0.2, 0.25) is 4.34 Å². The second-order valence-electron chi connectivity index (χ2n) is 6.05. The first-order chi connectivity index (χ1) is 12.5. The van der Waals surface area contributed by atoms with Crippen LogP contribution in [0, 0.1) is 0 Å². The van der Waals surface area contributed by atoms with E-state index in [0.29, 0.717) is 27.5 Å². The third kappa shape index (κ3) is 4.17. The summed E-state index contributed by atoms with van der Waals surface area (Å²) in [4.78, 5) is 21.4. The monoisotopic (exact) mass is 410 g/mol. The number of thiazole rings is 1. The fourth-order valence-corrected chi connectivity index (χ4v) is 4.48. The van der Waals surface area contributed by atoms with Crippen LogP contribution in [0.1, 0.15) is 16.6 Å². The minimum absolute atomic E-state index is 0.0693. The average Bonchev–Trinajstić information content (AvgIpc) is 3.21. The number of hydrogen-bond acceptors (Lipinski definition) is 5. The highest BCUT2D eigenvalue weighted by Crippen LogP contribution is 2.35. The molecule has 0 unspecified atom stereocenters. The van der Waals surface area contributed by atoms with Crippen molar-refractivity contribution in [3.05, 3.63) is 39.5 Å². The van der Waals surface area contributed by atoms with Gasteiger partial charge < -0.3 is 9.64 Å². The molecule has 138 valence electrons. The van der Waals surface area contributed by atoms with E-state index in [2.05, 4.69) is 14.1 Å². The fourth-order valence-electron chi connectivity index (χ4n) is 2.48. The number of carbonyl (C=O) groups is 1. The highest BCUT2D eigenvalue weighted by atomic mass is 35.5. The summed E-state index contributed by atoms with van der Waals surface area (Å²) in [5, 5.41) is 0.683. The minimum atomic E-state index is -0.0693. The van der Waals surface area contributed by atoms with Gasteiger partial charge in [-0.3, -0.25) is 9.69 Å². The SMILES string of the molecule is CCOc1cccc2sc(N(CC[NH+](C)C)C(=O)c3ccc(Cl)s3)nc12. The lowest BCUT2D eigenvalue weighted by atomic mass is 10.3. The molecule has 0 bridgehead atoms. The molecule has 3 rings (SSSR count). The minimum Gasteiger partial charge on any atom is -0.492 e. The topological polar surface area (TPSA) is 46.9 Å². The zero-order valence-electron chi connectivity index (χ0n) is 14.9. The maximum absolute atomic E-state index is 13.1. The van der Waals surface area contributed by atoms with E-state index in [-0.39, 0.29) is 5.91 Å². The number of thiophene rings is 1. The van der Waals surface area contributed by atoms with Crippen molar-refractivity contribution in [1.82, 2.24) is 4.98 Å². The van der Waals surface area contributed by atoms with Crippen LogP contribution in [0.25, 0.3) is 10.2 Å². The fraction of sp³-hybridized carbons (Fsp3) is 0.333. The summed E-state index contributed by atoms with van der Waals surface area (Å²) in [5.41, 5.74) is 0.800. The Morgan fingerprint density at radius 1 is 1.27 bits per heavy atom. The number of carbonyl (C=O) groups excluding carboxylic acids is 1. The Balaban J connectivity index is 1.99. The zero-order chi connectivity index (χ0) is 18.7. The summed E-state index contributed by atoms with van der Waals surface area (Å²) in [5.74, 6) is 0.678. The van der Waals surface area contributed by atoms with Crippen LogP contribution in [0.5, 0.6) is 5.75 Å². The molecule has 0 aliphatic carbocycles. The number of nitrogens with zero attached hydrogens (tertiary/aromatic N) is 2. The molecule has 1 N–H and O–H groups in total. The number of benzene rings is 1. The molecule has 5 nitrogen and oxygen atoms in total. The van der Waals surface area contributed by atoms with Crippen LogP contribution in [0.4, 0.5) is 5.13 Å². The number of aromatic nitrogens is 1. The lowest BCUT2D eigenvalue weighted by molar-refractivity contribution is -0.856. The molecule has 0 saturated carbocycles. The van der Waals surface area contributed by atoms with Crippen molar-refractivity contribution < 1.29 is 14.4 Å². The smallest absolute Gasteiger partial charge is 0.270 e. The van der Waals surface area contributed by atoms with Gasteiger partial charge in [0.25, 0.3) is 5.91 Å². The number of rotatable bonds is 7. The van der Waals surface area contributed by atoms with E-state index < -0.39 is 0 Å². The molecule has 2 heterocycles. The molecule has 0 saturated heterocycles. The van der Waals surface area contributed by atoms with Crippen LogP contribution in [-0.4, -0.2) is 44.7 Å². The van der Waals surface area contributed by atoms with Gasteiger partial charge in [-0.15, -0.1) is 11.3 Å². The number of likely N-dealkylation sites (N-methyl/N-ethyl adjacent to an activating group) is 1. The molecule has 0 aliphatic rings. The standard InChI is InChI=1S/C18H20ClN3O2S2/c1-4-24-12-6-5-7-13-16(12)20-18(26-13)22(11-10-21(2)3)17(23)14-8-9-15(19)25-14/h5-9H,4,10-11H2,1-3H3/p+1. The number of anilines is 1. The lowest BCUT2D eigenvalue weighted by Gasteiger charge is -2.19. The van der Waals surface area contributed by atoms with E-state index in [4.69, 9.17) is 21.3 Å². The Labute approximate surface area is 165 Å². The molecule has 1 aromatic carbocycles. The van der Waals surface area contributed by atoms with Crippen molar-refractivity contribution in [3.8, 4) is 5.75 Å². The van der Waals surface area contributed by atoms with Gasteiger partial charge in [0.2, 0.25) is 0 Å². The van der Waals surface area contributed by atoms with Gasteiger partial charge >= 0.3 is 0 Å². The number of para-hydroxylation sites is 1. The number of nitrogens with one attached hydrogen (secondary N) is 1. The van der Waals surface area contributed by atoms with Crippen LogP contribution in [0.15, 0.2) is 30.3 Å². The number of halogens is 1. The predicted molar refractivity (Wildman–Crippen MR) is 109 cm³/mol. The van der Waals surface area contributed by atoms with Crippen LogP contribution < -0.4 is 14.5 Å². The first-order valence-electron chi connectivity index (χ1n) is 8.38. The molecule has 0 radical (unpaired) electrons. The first-order valence-corrected chi connectivity index (χ1v) is 10.4. The second kappa shape index (κ2) is 8.35. The van der Waals surface area contributed by atoms with Crippen molar-refractivity contribution in [2.45, 2.75) is 6.92 Å². The Morgan fingerprint density at radius 3 is 2.73 bits per heavy atom. The van der Waals surface area contributed by atoms with Crippen molar-refractivity contribution in [1.29, 1.82) is 0 Å². The largest absolute Gasteiger partial charge is 0.492 e. The maximum Gasteiger partial charge on any atom is 0.270 e. The Hall–Kier alpha value is -1.67. The van der Waals surface area contributed by atoms with Gasteiger partial charge in [0.1, 0.15) is 11.3 Å². The molecule has 3 aromatic rings. The van der Waals surface area contributed by atoms with Gasteiger partial charge in [-0.2, -0.15) is 0 Å². The second-order valence-corrected chi connectivity index (χ2v) is 8.77. The molecule has 0 spiro atoms. The third-order valence-corrected chi connectivity index (χ3v) is 6.03. The highest BCUT2D eigenvalue weighted by Gasteiger charge is 2.24. The first kappa shape index (κ1) is 19.1. The quantitative estimate of drug-likeness (QED) is 0.650. The highest BCUT2D eigenvalue weighted by molar-refractivity contribution is 7.22.